The first-order valence-electron chi connectivity index (χ1n) is 8.77. The number of rotatable bonds is 4. The fraction of sp³-hybridized carbons (Fsp3) is 0.0476. The molecule has 9 heteroatoms. The SMILES string of the molecule is COc1ccc(-n2c(=O)c3ccccc3n(S(=O)(=O)c3ccc(Cl)cc3)c2=O)cc1. The number of ether oxygens (including phenoxy) is 1. The van der Waals surface area contributed by atoms with Crippen LogP contribution in [0.15, 0.2) is 87.3 Å². The predicted octanol–water partition coefficient (Wildman–Crippen LogP) is 3.05. The van der Waals surface area contributed by atoms with Crippen LogP contribution in [-0.2, 0) is 10.0 Å². The number of para-hydroxylation sites is 1. The molecule has 0 bridgehead atoms. The van der Waals surface area contributed by atoms with Gasteiger partial charge in [0.2, 0.25) is 0 Å². The van der Waals surface area contributed by atoms with E-state index < -0.39 is 21.3 Å². The average molecular weight is 443 g/mol. The van der Waals surface area contributed by atoms with Crippen molar-refractivity contribution in [1.82, 2.24) is 8.54 Å². The summed E-state index contributed by atoms with van der Waals surface area (Å²) < 4.78 is 33.3. The molecule has 0 aliphatic carbocycles. The Bertz CT molecular complexity index is 1470. The smallest absolute Gasteiger partial charge is 0.350 e. The maximum Gasteiger partial charge on any atom is 0.350 e. The van der Waals surface area contributed by atoms with Crippen LogP contribution in [-0.4, -0.2) is 24.1 Å². The van der Waals surface area contributed by atoms with E-state index in [-0.39, 0.29) is 21.5 Å². The van der Waals surface area contributed by atoms with Crippen LogP contribution in [0.25, 0.3) is 16.6 Å². The molecule has 0 fully saturated rings. The maximum absolute atomic E-state index is 13.4. The molecule has 0 aliphatic heterocycles. The minimum absolute atomic E-state index is 0.00721. The first-order valence-corrected chi connectivity index (χ1v) is 10.6. The van der Waals surface area contributed by atoms with Crippen LogP contribution in [0.3, 0.4) is 0 Å². The molecule has 4 aromatic rings. The van der Waals surface area contributed by atoms with Crippen molar-refractivity contribution in [3.8, 4) is 11.4 Å². The number of benzene rings is 3. The summed E-state index contributed by atoms with van der Waals surface area (Å²) in [6.45, 7) is 0. The number of hydrogen-bond donors (Lipinski definition) is 0. The predicted molar refractivity (Wildman–Crippen MR) is 114 cm³/mol. The third-order valence-corrected chi connectivity index (χ3v) is 6.56. The molecule has 1 aromatic heterocycles. The minimum Gasteiger partial charge on any atom is -0.497 e. The number of aromatic nitrogens is 2. The monoisotopic (exact) mass is 442 g/mol. The van der Waals surface area contributed by atoms with Crippen LogP contribution in [0.4, 0.5) is 0 Å². The molecule has 0 spiro atoms. The lowest BCUT2D eigenvalue weighted by Crippen LogP contribution is -2.41. The van der Waals surface area contributed by atoms with Gasteiger partial charge in [-0.2, -0.15) is 3.97 Å². The molecule has 0 aliphatic rings. The Balaban J connectivity index is 2.11. The summed E-state index contributed by atoms with van der Waals surface area (Å²) in [4.78, 5) is 26.3. The molecule has 152 valence electrons. The van der Waals surface area contributed by atoms with Crippen LogP contribution in [0, 0.1) is 0 Å². The Morgan fingerprint density at radius 3 is 2.13 bits per heavy atom. The van der Waals surface area contributed by atoms with Gasteiger partial charge < -0.3 is 4.74 Å². The highest BCUT2D eigenvalue weighted by Crippen LogP contribution is 2.20. The van der Waals surface area contributed by atoms with E-state index >= 15 is 0 Å². The summed E-state index contributed by atoms with van der Waals surface area (Å²) in [5, 5.41) is 0.444. The highest BCUT2D eigenvalue weighted by molar-refractivity contribution is 7.90. The van der Waals surface area contributed by atoms with Crippen molar-refractivity contribution < 1.29 is 13.2 Å². The van der Waals surface area contributed by atoms with Crippen molar-refractivity contribution in [3.63, 3.8) is 0 Å². The number of halogens is 1. The van der Waals surface area contributed by atoms with Crippen LogP contribution in [0.5, 0.6) is 5.75 Å². The van der Waals surface area contributed by atoms with Crippen LogP contribution in [0.2, 0.25) is 5.02 Å². The molecule has 0 saturated carbocycles. The normalized spacial score (nSPS) is 11.5. The van der Waals surface area contributed by atoms with Crippen molar-refractivity contribution in [1.29, 1.82) is 0 Å². The summed E-state index contributed by atoms with van der Waals surface area (Å²) >= 11 is 5.87. The van der Waals surface area contributed by atoms with Gasteiger partial charge in [0.05, 0.1) is 28.6 Å². The highest BCUT2D eigenvalue weighted by atomic mass is 35.5. The van der Waals surface area contributed by atoms with Crippen LogP contribution >= 0.6 is 11.6 Å². The van der Waals surface area contributed by atoms with Crippen molar-refractivity contribution in [2.75, 3.05) is 7.11 Å². The summed E-state index contributed by atoms with van der Waals surface area (Å²) in [5.41, 5.74) is -1.41. The molecular weight excluding hydrogens is 428 g/mol. The van der Waals surface area contributed by atoms with E-state index in [2.05, 4.69) is 0 Å². The fourth-order valence-corrected chi connectivity index (χ4v) is 4.66. The van der Waals surface area contributed by atoms with Crippen molar-refractivity contribution >= 4 is 32.5 Å². The maximum atomic E-state index is 13.4. The van der Waals surface area contributed by atoms with Gasteiger partial charge in [0.1, 0.15) is 5.75 Å². The van der Waals surface area contributed by atoms with Gasteiger partial charge in [0.25, 0.3) is 15.6 Å². The van der Waals surface area contributed by atoms with Gasteiger partial charge in [0, 0.05) is 5.02 Å². The highest BCUT2D eigenvalue weighted by Gasteiger charge is 2.25. The second-order valence-electron chi connectivity index (χ2n) is 6.36. The van der Waals surface area contributed by atoms with Crippen molar-refractivity contribution in [2.45, 2.75) is 4.90 Å². The summed E-state index contributed by atoms with van der Waals surface area (Å²) in [6, 6.07) is 17.7. The minimum atomic E-state index is -4.31. The topological polar surface area (TPSA) is 87.4 Å². The van der Waals surface area contributed by atoms with Gasteiger partial charge in [-0.1, -0.05) is 23.7 Å². The number of fused-ring (bicyclic) bond motifs is 1. The Morgan fingerprint density at radius 1 is 0.867 bits per heavy atom. The fourth-order valence-electron chi connectivity index (χ4n) is 3.14. The van der Waals surface area contributed by atoms with E-state index in [4.69, 9.17) is 16.3 Å². The largest absolute Gasteiger partial charge is 0.497 e. The zero-order chi connectivity index (χ0) is 21.5. The third kappa shape index (κ3) is 3.20. The molecule has 0 amide bonds. The van der Waals surface area contributed by atoms with E-state index in [1.54, 1.807) is 24.3 Å². The van der Waals surface area contributed by atoms with E-state index in [1.807, 2.05) is 0 Å². The Labute approximate surface area is 176 Å². The average Bonchev–Trinajstić information content (AvgIpc) is 2.74. The van der Waals surface area contributed by atoms with E-state index in [9.17, 15) is 18.0 Å². The van der Waals surface area contributed by atoms with Gasteiger partial charge >= 0.3 is 5.69 Å². The number of nitrogens with zero attached hydrogens (tertiary/aromatic N) is 2. The first-order chi connectivity index (χ1) is 14.3. The van der Waals surface area contributed by atoms with Gasteiger partial charge in [0.15, 0.2) is 0 Å². The van der Waals surface area contributed by atoms with Crippen molar-refractivity contribution in [3.05, 3.63) is 98.7 Å². The number of methoxy groups -OCH3 is 1. The Kier molecular flexibility index (Phi) is 4.97. The molecule has 1 heterocycles. The lowest BCUT2D eigenvalue weighted by Gasteiger charge is -2.15. The lowest BCUT2D eigenvalue weighted by atomic mass is 10.2. The quantitative estimate of drug-likeness (QED) is 0.484. The zero-order valence-electron chi connectivity index (χ0n) is 15.7. The van der Waals surface area contributed by atoms with Crippen LogP contribution < -0.4 is 16.0 Å². The van der Waals surface area contributed by atoms with Gasteiger partial charge in [-0.15, -0.1) is 0 Å². The van der Waals surface area contributed by atoms with Gasteiger partial charge in [-0.3, -0.25) is 4.79 Å². The molecule has 0 unspecified atom stereocenters. The molecule has 0 radical (unpaired) electrons. The number of hydrogen-bond acceptors (Lipinski definition) is 5. The Morgan fingerprint density at radius 2 is 1.50 bits per heavy atom. The molecule has 0 atom stereocenters. The van der Waals surface area contributed by atoms with E-state index in [0.717, 1.165) is 4.57 Å². The second-order valence-corrected chi connectivity index (χ2v) is 8.58. The molecule has 4 rings (SSSR count). The standard InChI is InChI=1S/C21H15ClN2O5S/c1-29-16-10-8-15(9-11-16)23-20(25)18-4-2-3-5-19(18)24(21(23)26)30(27,28)17-12-6-14(22)7-13-17/h2-13H,1H3. The van der Waals surface area contributed by atoms with Gasteiger partial charge in [-0.05, 0) is 60.7 Å². The Hall–Kier alpha value is -3.36. The molecule has 0 saturated heterocycles. The molecule has 3 aromatic carbocycles. The lowest BCUT2D eigenvalue weighted by molar-refractivity contribution is 0.414. The van der Waals surface area contributed by atoms with E-state index in [1.165, 1.54) is 55.6 Å². The molecular formula is C21H15ClN2O5S. The zero-order valence-corrected chi connectivity index (χ0v) is 17.2. The van der Waals surface area contributed by atoms with Crippen LogP contribution in [0.1, 0.15) is 0 Å². The second kappa shape index (κ2) is 7.47. The molecule has 0 N–H and O–H groups in total. The molecule has 30 heavy (non-hydrogen) atoms. The summed E-state index contributed by atoms with van der Waals surface area (Å²) in [7, 11) is -2.82. The third-order valence-electron chi connectivity index (χ3n) is 4.60. The molecule has 7 nitrogen and oxygen atoms in total. The first kappa shape index (κ1) is 19.9. The van der Waals surface area contributed by atoms with Gasteiger partial charge in [-0.25, -0.2) is 17.8 Å². The summed E-state index contributed by atoms with van der Waals surface area (Å²) in [5.74, 6) is 0.529. The van der Waals surface area contributed by atoms with E-state index in [0.29, 0.717) is 14.7 Å². The van der Waals surface area contributed by atoms with Crippen molar-refractivity contribution in [2.24, 2.45) is 0 Å². The summed E-state index contributed by atoms with van der Waals surface area (Å²) in [6.07, 6.45) is 0.